The molecule has 3 heteroatoms. The summed E-state index contributed by atoms with van der Waals surface area (Å²) in [5.41, 5.74) is 0. The van der Waals surface area contributed by atoms with E-state index in [1.54, 1.807) is 0 Å². The predicted molar refractivity (Wildman–Crippen MR) is 68.4 cm³/mol. The van der Waals surface area contributed by atoms with Crippen molar-refractivity contribution in [1.82, 2.24) is 14.9 Å². The monoisotopic (exact) mass is 221 g/mol. The van der Waals surface area contributed by atoms with Crippen LogP contribution in [-0.2, 0) is 13.5 Å². The second kappa shape index (κ2) is 6.48. The van der Waals surface area contributed by atoms with Crippen molar-refractivity contribution in [3.63, 3.8) is 0 Å². The topological polar surface area (TPSA) is 29.9 Å². The van der Waals surface area contributed by atoms with Crippen molar-refractivity contribution in [1.29, 1.82) is 0 Å². The third-order valence-electron chi connectivity index (χ3n) is 3.13. The molecule has 1 N–H and O–H groups in total. The van der Waals surface area contributed by atoms with Crippen LogP contribution in [0.3, 0.4) is 0 Å². The van der Waals surface area contributed by atoms with Crippen molar-refractivity contribution >= 4 is 0 Å². The van der Waals surface area contributed by atoms with Crippen LogP contribution in [0.2, 0.25) is 0 Å². The van der Waals surface area contributed by atoms with E-state index in [1.165, 1.54) is 0 Å². The Morgan fingerprint density at radius 3 is 2.88 bits per heavy atom. The SMILES string of the molecule is C=CCC(C)C(C)NCCc1nccn1C. The van der Waals surface area contributed by atoms with Crippen molar-refractivity contribution in [2.24, 2.45) is 13.0 Å². The summed E-state index contributed by atoms with van der Waals surface area (Å²) in [6.45, 7) is 9.23. The van der Waals surface area contributed by atoms with Gasteiger partial charge in [-0.15, -0.1) is 6.58 Å². The van der Waals surface area contributed by atoms with Gasteiger partial charge in [-0.25, -0.2) is 4.98 Å². The molecule has 1 heterocycles. The zero-order valence-corrected chi connectivity index (χ0v) is 10.6. The fourth-order valence-electron chi connectivity index (χ4n) is 1.72. The van der Waals surface area contributed by atoms with E-state index in [9.17, 15) is 0 Å². The average Bonchev–Trinajstić information content (AvgIpc) is 2.65. The molecular weight excluding hydrogens is 198 g/mol. The fourth-order valence-corrected chi connectivity index (χ4v) is 1.72. The van der Waals surface area contributed by atoms with Gasteiger partial charge in [-0.2, -0.15) is 0 Å². The molecule has 0 aromatic carbocycles. The number of rotatable bonds is 7. The zero-order valence-electron chi connectivity index (χ0n) is 10.6. The minimum absolute atomic E-state index is 0.526. The highest BCUT2D eigenvalue weighted by molar-refractivity contribution is 4.91. The van der Waals surface area contributed by atoms with Crippen LogP contribution in [0.25, 0.3) is 0 Å². The van der Waals surface area contributed by atoms with Crippen LogP contribution < -0.4 is 5.32 Å². The lowest BCUT2D eigenvalue weighted by Crippen LogP contribution is -2.33. The third-order valence-corrected chi connectivity index (χ3v) is 3.13. The van der Waals surface area contributed by atoms with Gasteiger partial charge in [0, 0.05) is 38.4 Å². The molecule has 0 bridgehead atoms. The smallest absolute Gasteiger partial charge is 0.109 e. The summed E-state index contributed by atoms with van der Waals surface area (Å²) in [6, 6.07) is 0.526. The van der Waals surface area contributed by atoms with Crippen LogP contribution in [0.15, 0.2) is 25.0 Å². The standard InChI is InChI=1S/C13H23N3/c1-5-6-11(2)12(3)14-8-7-13-15-9-10-16(13)4/h5,9-12,14H,1,6-8H2,2-4H3. The second-order valence-corrected chi connectivity index (χ2v) is 4.45. The largest absolute Gasteiger partial charge is 0.338 e. The Balaban J connectivity index is 2.25. The number of nitrogens with zero attached hydrogens (tertiary/aromatic N) is 2. The summed E-state index contributed by atoms with van der Waals surface area (Å²) in [7, 11) is 2.03. The van der Waals surface area contributed by atoms with Crippen LogP contribution in [-0.4, -0.2) is 22.1 Å². The van der Waals surface area contributed by atoms with Crippen LogP contribution in [0, 0.1) is 5.92 Å². The molecule has 0 saturated heterocycles. The van der Waals surface area contributed by atoms with E-state index in [4.69, 9.17) is 0 Å². The third kappa shape index (κ3) is 3.81. The maximum absolute atomic E-state index is 4.30. The molecule has 0 aliphatic rings. The molecule has 0 amide bonds. The van der Waals surface area contributed by atoms with E-state index in [0.717, 1.165) is 25.2 Å². The predicted octanol–water partition coefficient (Wildman–Crippen LogP) is 2.15. The van der Waals surface area contributed by atoms with Crippen molar-refractivity contribution < 1.29 is 0 Å². The van der Waals surface area contributed by atoms with Crippen molar-refractivity contribution in [3.05, 3.63) is 30.9 Å². The Hall–Kier alpha value is -1.09. The minimum atomic E-state index is 0.526. The average molecular weight is 221 g/mol. The molecule has 90 valence electrons. The van der Waals surface area contributed by atoms with Gasteiger partial charge in [0.05, 0.1) is 0 Å². The Bertz CT molecular complexity index is 317. The maximum Gasteiger partial charge on any atom is 0.109 e. The second-order valence-electron chi connectivity index (χ2n) is 4.45. The molecule has 1 rings (SSSR count). The lowest BCUT2D eigenvalue weighted by Gasteiger charge is -2.19. The molecule has 0 fully saturated rings. The van der Waals surface area contributed by atoms with Gasteiger partial charge in [-0.05, 0) is 19.3 Å². The Morgan fingerprint density at radius 2 is 2.31 bits per heavy atom. The molecule has 0 saturated carbocycles. The fraction of sp³-hybridized carbons (Fsp3) is 0.615. The Kier molecular flexibility index (Phi) is 5.26. The van der Waals surface area contributed by atoms with Gasteiger partial charge in [0.2, 0.25) is 0 Å². The minimum Gasteiger partial charge on any atom is -0.338 e. The number of hydrogen-bond donors (Lipinski definition) is 1. The van der Waals surface area contributed by atoms with Gasteiger partial charge < -0.3 is 9.88 Å². The Labute approximate surface area is 98.6 Å². The quantitative estimate of drug-likeness (QED) is 0.715. The lowest BCUT2D eigenvalue weighted by atomic mass is 10.00. The Morgan fingerprint density at radius 1 is 1.56 bits per heavy atom. The number of hydrogen-bond acceptors (Lipinski definition) is 2. The lowest BCUT2D eigenvalue weighted by molar-refractivity contribution is 0.404. The summed E-state index contributed by atoms with van der Waals surface area (Å²) >= 11 is 0. The summed E-state index contributed by atoms with van der Waals surface area (Å²) in [6.07, 6.45) is 7.87. The number of aromatic nitrogens is 2. The normalized spacial score (nSPS) is 14.7. The molecular formula is C13H23N3. The summed E-state index contributed by atoms with van der Waals surface area (Å²) in [4.78, 5) is 4.30. The first-order chi connectivity index (χ1) is 7.65. The first-order valence-electron chi connectivity index (χ1n) is 5.95. The van der Waals surface area contributed by atoms with Gasteiger partial charge in [0.1, 0.15) is 5.82 Å². The molecule has 0 spiro atoms. The number of aryl methyl sites for hydroxylation is 1. The van der Waals surface area contributed by atoms with Gasteiger partial charge in [-0.1, -0.05) is 13.0 Å². The van der Waals surface area contributed by atoms with Crippen LogP contribution in [0.1, 0.15) is 26.1 Å². The maximum atomic E-state index is 4.30. The molecule has 0 radical (unpaired) electrons. The van der Waals surface area contributed by atoms with E-state index in [1.807, 2.05) is 25.5 Å². The molecule has 16 heavy (non-hydrogen) atoms. The molecule has 1 aromatic rings. The molecule has 1 aromatic heterocycles. The van der Waals surface area contributed by atoms with Gasteiger partial charge in [-0.3, -0.25) is 0 Å². The van der Waals surface area contributed by atoms with Crippen LogP contribution in [0.5, 0.6) is 0 Å². The summed E-state index contributed by atoms with van der Waals surface area (Å²) in [5.74, 6) is 1.77. The van der Waals surface area contributed by atoms with E-state index in [0.29, 0.717) is 12.0 Å². The van der Waals surface area contributed by atoms with E-state index in [-0.39, 0.29) is 0 Å². The molecule has 2 unspecified atom stereocenters. The van der Waals surface area contributed by atoms with Gasteiger partial charge >= 0.3 is 0 Å². The van der Waals surface area contributed by atoms with Crippen molar-refractivity contribution in [3.8, 4) is 0 Å². The number of imidazole rings is 1. The van der Waals surface area contributed by atoms with Crippen molar-refractivity contribution in [2.45, 2.75) is 32.7 Å². The highest BCUT2D eigenvalue weighted by Gasteiger charge is 2.09. The van der Waals surface area contributed by atoms with Crippen LogP contribution >= 0.6 is 0 Å². The van der Waals surface area contributed by atoms with Gasteiger partial charge in [0.15, 0.2) is 0 Å². The van der Waals surface area contributed by atoms with Crippen LogP contribution in [0.4, 0.5) is 0 Å². The summed E-state index contributed by atoms with van der Waals surface area (Å²) in [5, 5.41) is 3.53. The zero-order chi connectivity index (χ0) is 12.0. The van der Waals surface area contributed by atoms with Crippen molar-refractivity contribution in [2.75, 3.05) is 6.54 Å². The molecule has 0 aliphatic carbocycles. The molecule has 2 atom stereocenters. The van der Waals surface area contributed by atoms with E-state index < -0.39 is 0 Å². The highest BCUT2D eigenvalue weighted by atomic mass is 15.0. The highest BCUT2D eigenvalue weighted by Crippen LogP contribution is 2.07. The first kappa shape index (κ1) is 13.0. The van der Waals surface area contributed by atoms with Gasteiger partial charge in [0.25, 0.3) is 0 Å². The molecule has 3 nitrogen and oxygen atoms in total. The molecule has 0 aliphatic heterocycles. The number of nitrogens with one attached hydrogen (secondary N) is 1. The number of allylic oxidation sites excluding steroid dienone is 1. The first-order valence-corrected chi connectivity index (χ1v) is 5.95. The van der Waals surface area contributed by atoms with E-state index in [2.05, 4.69) is 35.3 Å². The summed E-state index contributed by atoms with van der Waals surface area (Å²) < 4.78 is 2.07. The van der Waals surface area contributed by atoms with E-state index >= 15 is 0 Å².